The van der Waals surface area contributed by atoms with Gasteiger partial charge in [-0.1, -0.05) is 103 Å². The van der Waals surface area contributed by atoms with Crippen molar-refractivity contribution in [3.63, 3.8) is 0 Å². The van der Waals surface area contributed by atoms with Crippen molar-refractivity contribution in [2.24, 2.45) is 10.8 Å². The topological polar surface area (TPSA) is 18.5 Å². The first-order valence-corrected chi connectivity index (χ1v) is 21.7. The Morgan fingerprint density at radius 3 is 1.15 bits per heavy atom. The molecule has 2 atom stereocenters. The van der Waals surface area contributed by atoms with Crippen molar-refractivity contribution in [3.8, 4) is 0 Å². The van der Waals surface area contributed by atoms with E-state index in [0.717, 1.165) is 25.7 Å². The van der Waals surface area contributed by atoms with Gasteiger partial charge in [-0.2, -0.15) is 12.2 Å². The van der Waals surface area contributed by atoms with Gasteiger partial charge in [0.25, 0.3) is 0 Å². The van der Waals surface area contributed by atoms with E-state index < -0.39 is 16.1 Å². The van der Waals surface area contributed by atoms with Crippen LogP contribution in [0.15, 0.2) is 81.3 Å². The average Bonchev–Trinajstić information content (AvgIpc) is 3.64. The summed E-state index contributed by atoms with van der Waals surface area (Å²) in [5, 5.41) is 2.49. The van der Waals surface area contributed by atoms with E-state index in [0.29, 0.717) is 0 Å². The molecule has 0 aromatic carbocycles. The van der Waals surface area contributed by atoms with Crippen LogP contribution in [0, 0.1) is 23.0 Å². The fourth-order valence-electron chi connectivity index (χ4n) is 7.46. The van der Waals surface area contributed by atoms with Gasteiger partial charge < -0.3 is 34.3 Å². The number of ether oxygens (including phenoxy) is 2. The Morgan fingerprint density at radius 2 is 0.935 bits per heavy atom. The fraction of sp³-hybridized carbons (Fsp3) is 0.579. The van der Waals surface area contributed by atoms with E-state index >= 15 is 0 Å². The SMILES string of the molecule is COC1([Si](C)(C)C2=[C-]CC=C2)CC=C(C)C=C1C(C)(C)C.COC1([Si](C)(C)C2=[C-]CC=C2)CC=C(C)C=C1C(C)(C)C.[Cl-].[Cl-].[Ti+2].[Ti+2]. The molecule has 8 heteroatoms. The largest absolute Gasteiger partial charge is 2.00 e. The monoisotopic (exact) mass is 768 g/mol. The van der Waals surface area contributed by atoms with Gasteiger partial charge >= 0.3 is 43.4 Å². The molecule has 4 aliphatic rings. The van der Waals surface area contributed by atoms with E-state index in [1.807, 2.05) is 14.2 Å². The third-order valence-electron chi connectivity index (χ3n) is 10.1. The smallest absolute Gasteiger partial charge is 1.00 e. The maximum absolute atomic E-state index is 6.30. The quantitative estimate of drug-likeness (QED) is 0.296. The summed E-state index contributed by atoms with van der Waals surface area (Å²) < 4.78 is 12.6. The normalized spacial score (nSPS) is 24.2. The van der Waals surface area contributed by atoms with Crippen molar-refractivity contribution < 1.29 is 77.7 Å². The number of hydrogen-bond acceptors (Lipinski definition) is 2. The third kappa shape index (κ3) is 9.33. The number of rotatable bonds is 6. The van der Waals surface area contributed by atoms with Crippen LogP contribution in [-0.2, 0) is 52.9 Å². The van der Waals surface area contributed by atoms with E-state index in [4.69, 9.17) is 9.47 Å². The first-order valence-electron chi connectivity index (χ1n) is 15.7. The van der Waals surface area contributed by atoms with Crippen LogP contribution in [0.2, 0.25) is 26.2 Å². The Labute approximate surface area is 327 Å². The molecule has 4 aliphatic carbocycles. The van der Waals surface area contributed by atoms with Crippen LogP contribution < -0.4 is 24.8 Å². The zero-order valence-electron chi connectivity index (χ0n) is 31.0. The van der Waals surface area contributed by atoms with Crippen molar-refractivity contribution in [2.45, 2.75) is 118 Å². The van der Waals surface area contributed by atoms with E-state index in [9.17, 15) is 0 Å². The van der Waals surface area contributed by atoms with Crippen LogP contribution in [0.25, 0.3) is 0 Å². The summed E-state index contributed by atoms with van der Waals surface area (Å²) in [6.07, 6.45) is 29.4. The van der Waals surface area contributed by atoms with Crippen LogP contribution in [0.5, 0.6) is 0 Å². The standard InChI is InChI=1S/2C19H29OSi.2ClH.2Ti/c2*1-15-12-13-19(20-5,17(14-15)18(2,3)4)21(6,7)16-10-8-9-11-16;;;;/h2*8,10,12,14H,9,13H2,1-7H3;2*1H;;/q2*-1;;;2*+2/p-2. The van der Waals surface area contributed by atoms with Gasteiger partial charge in [-0.05, 0) is 48.7 Å². The number of methoxy groups -OCH3 is 2. The Hall–Kier alpha value is 0.282. The molecular weight excluding hydrogens is 711 g/mol. The summed E-state index contributed by atoms with van der Waals surface area (Å²) >= 11 is 0. The minimum Gasteiger partial charge on any atom is -1.00 e. The molecule has 0 aromatic heterocycles. The van der Waals surface area contributed by atoms with Gasteiger partial charge in [0.2, 0.25) is 0 Å². The van der Waals surface area contributed by atoms with Crippen molar-refractivity contribution in [3.05, 3.63) is 93.4 Å². The van der Waals surface area contributed by atoms with Crippen molar-refractivity contribution in [1.82, 2.24) is 0 Å². The van der Waals surface area contributed by atoms with Gasteiger partial charge in [0, 0.05) is 14.2 Å². The van der Waals surface area contributed by atoms with Crippen LogP contribution in [0.4, 0.5) is 0 Å². The molecule has 46 heavy (non-hydrogen) atoms. The second kappa shape index (κ2) is 18.0. The van der Waals surface area contributed by atoms with Crippen molar-refractivity contribution in [2.75, 3.05) is 14.2 Å². The van der Waals surface area contributed by atoms with Crippen LogP contribution in [-0.4, -0.2) is 40.8 Å². The summed E-state index contributed by atoms with van der Waals surface area (Å²) in [6.45, 7) is 27.9. The number of hydrogen-bond donors (Lipinski definition) is 0. The summed E-state index contributed by atoms with van der Waals surface area (Å²) in [5.74, 6) is 0. The molecule has 0 radical (unpaired) electrons. The average molecular weight is 770 g/mol. The Morgan fingerprint density at radius 1 is 0.630 bits per heavy atom. The Kier molecular flexibility index (Phi) is 18.9. The minimum atomic E-state index is -1.84. The van der Waals surface area contributed by atoms with Crippen molar-refractivity contribution in [1.29, 1.82) is 0 Å². The van der Waals surface area contributed by atoms with Crippen LogP contribution >= 0.6 is 0 Å². The van der Waals surface area contributed by atoms with Crippen LogP contribution in [0.1, 0.15) is 81.1 Å². The van der Waals surface area contributed by atoms with Gasteiger partial charge in [0.1, 0.15) is 0 Å². The molecular formula is C38H58Cl2O2Si2Ti2. The first kappa shape index (κ1) is 48.4. The molecule has 0 fully saturated rings. The Balaban J connectivity index is 0. The molecule has 0 aliphatic heterocycles. The molecule has 0 spiro atoms. The van der Waals surface area contributed by atoms with Crippen LogP contribution in [0.3, 0.4) is 0 Å². The van der Waals surface area contributed by atoms with E-state index in [1.54, 1.807) is 0 Å². The summed E-state index contributed by atoms with van der Waals surface area (Å²) in [7, 11) is 0.105. The second-order valence-corrected chi connectivity index (χ2v) is 24.8. The summed E-state index contributed by atoms with van der Waals surface area (Å²) in [4.78, 5) is 0. The predicted octanol–water partition coefficient (Wildman–Crippen LogP) is 4.34. The molecule has 0 N–H and O–H groups in total. The first-order chi connectivity index (χ1) is 19.3. The third-order valence-corrected chi connectivity index (χ3v) is 18.9. The molecule has 252 valence electrons. The second-order valence-electron chi connectivity index (χ2n) is 15.6. The molecule has 2 unspecified atom stereocenters. The van der Waals surface area contributed by atoms with E-state index in [1.165, 1.54) is 32.7 Å². The van der Waals surface area contributed by atoms with E-state index in [2.05, 4.69) is 142 Å². The molecule has 0 bridgehead atoms. The Bertz CT molecular complexity index is 1200. The maximum Gasteiger partial charge on any atom is 2.00 e. The molecule has 0 saturated heterocycles. The molecule has 0 aromatic rings. The molecule has 2 nitrogen and oxygen atoms in total. The van der Waals surface area contributed by atoms with Gasteiger partial charge in [-0.3, -0.25) is 12.2 Å². The number of allylic oxidation sites excluding steroid dienone is 12. The van der Waals surface area contributed by atoms with Gasteiger partial charge in [0.15, 0.2) is 0 Å². The zero-order valence-corrected chi connectivity index (χ0v) is 37.7. The summed E-state index contributed by atoms with van der Waals surface area (Å²) in [6, 6.07) is 0. The van der Waals surface area contributed by atoms with Crippen molar-refractivity contribution >= 4 is 16.1 Å². The molecule has 4 rings (SSSR count). The van der Waals surface area contributed by atoms with E-state index in [-0.39, 0.29) is 89.5 Å². The maximum atomic E-state index is 6.30. The fourth-order valence-corrected chi connectivity index (χ4v) is 15.0. The molecule has 0 saturated carbocycles. The zero-order chi connectivity index (χ0) is 31.8. The summed E-state index contributed by atoms with van der Waals surface area (Å²) in [5.41, 5.74) is 5.83. The minimum absolute atomic E-state index is 0. The number of halogens is 2. The predicted molar refractivity (Wildman–Crippen MR) is 187 cm³/mol. The molecule has 0 amide bonds. The van der Waals surface area contributed by atoms with Gasteiger partial charge in [0.05, 0.1) is 26.6 Å². The van der Waals surface area contributed by atoms with Gasteiger partial charge in [-0.25, -0.2) is 22.5 Å². The van der Waals surface area contributed by atoms with Gasteiger partial charge in [-0.15, -0.1) is 12.8 Å². The molecule has 0 heterocycles.